The Labute approximate surface area is 130 Å². The molecule has 1 aliphatic carbocycles. The number of nitrogens with zero attached hydrogens (tertiary/aromatic N) is 2. The number of anilines is 1. The monoisotopic (exact) mass is 289 g/mol. The van der Waals surface area contributed by atoms with Crippen LogP contribution in [0.3, 0.4) is 0 Å². The largest absolute Gasteiger partial charge is 0.356 e. The summed E-state index contributed by atoms with van der Waals surface area (Å²) in [5, 5.41) is 3.26. The molecule has 1 N–H and O–H groups in total. The van der Waals surface area contributed by atoms with Crippen molar-refractivity contribution in [1.82, 2.24) is 10.3 Å². The standard InChI is InChI=1S/C18H31N3/c1-5-8-16-11-15(13-19-3)12-18(20-16)21(4)17-10-7-6-9-14(17)2/h11-12,14,17,19H,5-10,13H2,1-4H3. The van der Waals surface area contributed by atoms with Crippen LogP contribution in [-0.2, 0) is 13.0 Å². The molecule has 1 fully saturated rings. The van der Waals surface area contributed by atoms with Gasteiger partial charge in [0.05, 0.1) is 0 Å². The Hall–Kier alpha value is -1.09. The van der Waals surface area contributed by atoms with Gasteiger partial charge in [-0.1, -0.05) is 33.1 Å². The lowest BCUT2D eigenvalue weighted by Gasteiger charge is -2.37. The summed E-state index contributed by atoms with van der Waals surface area (Å²) in [6.07, 6.45) is 7.63. The molecule has 118 valence electrons. The summed E-state index contributed by atoms with van der Waals surface area (Å²) in [6.45, 7) is 5.53. The van der Waals surface area contributed by atoms with Crippen LogP contribution in [0.1, 0.15) is 57.2 Å². The molecule has 0 aromatic carbocycles. The van der Waals surface area contributed by atoms with Gasteiger partial charge in [-0.3, -0.25) is 0 Å². The van der Waals surface area contributed by atoms with Crippen LogP contribution in [-0.4, -0.2) is 25.1 Å². The fraction of sp³-hybridized carbons (Fsp3) is 0.722. The lowest BCUT2D eigenvalue weighted by molar-refractivity contribution is 0.320. The minimum atomic E-state index is 0.644. The molecule has 0 radical (unpaired) electrons. The highest BCUT2D eigenvalue weighted by molar-refractivity contribution is 5.43. The highest BCUT2D eigenvalue weighted by Gasteiger charge is 2.26. The smallest absolute Gasteiger partial charge is 0.129 e. The van der Waals surface area contributed by atoms with Crippen LogP contribution in [0.2, 0.25) is 0 Å². The average Bonchev–Trinajstić information content (AvgIpc) is 2.47. The number of hydrogen-bond acceptors (Lipinski definition) is 3. The zero-order valence-corrected chi connectivity index (χ0v) is 14.2. The molecule has 1 aliphatic rings. The van der Waals surface area contributed by atoms with Crippen molar-refractivity contribution >= 4 is 5.82 Å². The van der Waals surface area contributed by atoms with Gasteiger partial charge in [0, 0.05) is 25.3 Å². The highest BCUT2D eigenvalue weighted by atomic mass is 15.2. The van der Waals surface area contributed by atoms with Gasteiger partial charge in [0.15, 0.2) is 0 Å². The molecule has 0 spiro atoms. The predicted octanol–water partition coefficient (Wildman–Crippen LogP) is 3.77. The van der Waals surface area contributed by atoms with E-state index in [-0.39, 0.29) is 0 Å². The van der Waals surface area contributed by atoms with Crippen LogP contribution in [0, 0.1) is 5.92 Å². The van der Waals surface area contributed by atoms with Crippen LogP contribution in [0.4, 0.5) is 5.82 Å². The van der Waals surface area contributed by atoms with Crippen LogP contribution >= 0.6 is 0 Å². The second kappa shape index (κ2) is 7.79. The zero-order valence-electron chi connectivity index (χ0n) is 14.2. The molecular weight excluding hydrogens is 258 g/mol. The maximum atomic E-state index is 4.91. The van der Waals surface area contributed by atoms with Gasteiger partial charge in [0.25, 0.3) is 0 Å². The number of aryl methyl sites for hydroxylation is 1. The van der Waals surface area contributed by atoms with Crippen LogP contribution in [0.25, 0.3) is 0 Å². The first-order valence-electron chi connectivity index (χ1n) is 8.53. The fourth-order valence-electron chi connectivity index (χ4n) is 3.55. The first kappa shape index (κ1) is 16.3. The van der Waals surface area contributed by atoms with Crippen molar-refractivity contribution in [2.24, 2.45) is 5.92 Å². The molecule has 21 heavy (non-hydrogen) atoms. The highest BCUT2D eigenvalue weighted by Crippen LogP contribution is 2.30. The zero-order chi connectivity index (χ0) is 15.2. The van der Waals surface area contributed by atoms with Crippen molar-refractivity contribution in [3.05, 3.63) is 23.4 Å². The molecule has 0 aliphatic heterocycles. The Balaban J connectivity index is 2.23. The van der Waals surface area contributed by atoms with Crippen molar-refractivity contribution in [2.75, 3.05) is 19.0 Å². The van der Waals surface area contributed by atoms with E-state index >= 15 is 0 Å². The van der Waals surface area contributed by atoms with Gasteiger partial charge in [-0.2, -0.15) is 0 Å². The number of hydrogen-bond donors (Lipinski definition) is 1. The molecule has 3 nitrogen and oxygen atoms in total. The Bertz CT molecular complexity index is 420. The topological polar surface area (TPSA) is 28.2 Å². The Kier molecular flexibility index (Phi) is 6.04. The Morgan fingerprint density at radius 3 is 2.71 bits per heavy atom. The number of pyridine rings is 1. The van der Waals surface area contributed by atoms with Gasteiger partial charge < -0.3 is 10.2 Å². The summed E-state index contributed by atoms with van der Waals surface area (Å²) >= 11 is 0. The molecule has 3 heteroatoms. The van der Waals surface area contributed by atoms with Crippen molar-refractivity contribution in [2.45, 2.75) is 65.0 Å². The van der Waals surface area contributed by atoms with Gasteiger partial charge in [-0.05, 0) is 49.9 Å². The summed E-state index contributed by atoms with van der Waals surface area (Å²) in [5.41, 5.74) is 2.58. The van der Waals surface area contributed by atoms with Gasteiger partial charge >= 0.3 is 0 Å². The van der Waals surface area contributed by atoms with E-state index in [1.807, 2.05) is 7.05 Å². The summed E-state index contributed by atoms with van der Waals surface area (Å²) in [6, 6.07) is 5.16. The van der Waals surface area contributed by atoms with Crippen LogP contribution in [0.15, 0.2) is 12.1 Å². The Morgan fingerprint density at radius 2 is 2.05 bits per heavy atom. The van der Waals surface area contributed by atoms with E-state index in [4.69, 9.17) is 4.98 Å². The van der Waals surface area contributed by atoms with Crippen molar-refractivity contribution in [3.8, 4) is 0 Å². The van der Waals surface area contributed by atoms with Crippen molar-refractivity contribution in [3.63, 3.8) is 0 Å². The van der Waals surface area contributed by atoms with Crippen molar-refractivity contribution < 1.29 is 0 Å². The molecule has 0 bridgehead atoms. The molecule has 0 amide bonds. The van der Waals surface area contributed by atoms with Gasteiger partial charge in [-0.25, -0.2) is 4.98 Å². The summed E-state index contributed by atoms with van der Waals surface area (Å²) < 4.78 is 0. The molecule has 2 rings (SSSR count). The van der Waals surface area contributed by atoms with E-state index in [2.05, 4.69) is 43.2 Å². The molecular formula is C18H31N3. The minimum Gasteiger partial charge on any atom is -0.356 e. The molecule has 1 heterocycles. The van der Waals surface area contributed by atoms with Crippen LogP contribution < -0.4 is 10.2 Å². The maximum absolute atomic E-state index is 4.91. The van der Waals surface area contributed by atoms with E-state index in [0.29, 0.717) is 6.04 Å². The van der Waals surface area contributed by atoms with E-state index in [1.165, 1.54) is 36.9 Å². The quantitative estimate of drug-likeness (QED) is 0.864. The summed E-state index contributed by atoms with van der Waals surface area (Å²) in [4.78, 5) is 7.35. The number of aromatic nitrogens is 1. The average molecular weight is 289 g/mol. The second-order valence-corrected chi connectivity index (χ2v) is 6.55. The lowest BCUT2D eigenvalue weighted by atomic mass is 9.85. The maximum Gasteiger partial charge on any atom is 0.129 e. The minimum absolute atomic E-state index is 0.644. The predicted molar refractivity (Wildman–Crippen MR) is 90.8 cm³/mol. The SMILES string of the molecule is CCCc1cc(CNC)cc(N(C)C2CCCCC2C)n1. The third kappa shape index (κ3) is 4.19. The van der Waals surface area contributed by atoms with Crippen LogP contribution in [0.5, 0.6) is 0 Å². The first-order valence-corrected chi connectivity index (χ1v) is 8.53. The molecule has 2 atom stereocenters. The molecule has 1 saturated carbocycles. The summed E-state index contributed by atoms with van der Waals surface area (Å²) in [5.74, 6) is 1.93. The number of nitrogens with one attached hydrogen (secondary N) is 1. The number of rotatable bonds is 6. The lowest BCUT2D eigenvalue weighted by Crippen LogP contribution is -2.39. The normalized spacial score (nSPS) is 22.3. The van der Waals surface area contributed by atoms with E-state index in [1.54, 1.807) is 0 Å². The van der Waals surface area contributed by atoms with E-state index in [0.717, 1.165) is 31.1 Å². The molecule has 1 aromatic rings. The second-order valence-electron chi connectivity index (χ2n) is 6.55. The van der Waals surface area contributed by atoms with Gasteiger partial charge in [-0.15, -0.1) is 0 Å². The Morgan fingerprint density at radius 1 is 1.29 bits per heavy atom. The molecule has 0 saturated heterocycles. The van der Waals surface area contributed by atoms with Gasteiger partial charge in [0.1, 0.15) is 5.82 Å². The molecule has 1 aromatic heterocycles. The van der Waals surface area contributed by atoms with E-state index < -0.39 is 0 Å². The summed E-state index contributed by atoms with van der Waals surface area (Å²) in [7, 11) is 4.24. The third-order valence-corrected chi connectivity index (χ3v) is 4.74. The fourth-order valence-corrected chi connectivity index (χ4v) is 3.55. The first-order chi connectivity index (χ1) is 10.2. The van der Waals surface area contributed by atoms with Gasteiger partial charge in [0.2, 0.25) is 0 Å². The van der Waals surface area contributed by atoms with Crippen molar-refractivity contribution in [1.29, 1.82) is 0 Å². The molecule has 2 unspecified atom stereocenters. The van der Waals surface area contributed by atoms with E-state index in [9.17, 15) is 0 Å². The third-order valence-electron chi connectivity index (χ3n) is 4.74.